The van der Waals surface area contributed by atoms with Crippen LogP contribution in [-0.2, 0) is 0 Å². The van der Waals surface area contributed by atoms with Crippen molar-refractivity contribution in [2.75, 3.05) is 17.6 Å². The molecule has 1 saturated carbocycles. The molecule has 1 aliphatic carbocycles. The van der Waals surface area contributed by atoms with E-state index in [1.54, 1.807) is 0 Å². The average Bonchev–Trinajstić information content (AvgIpc) is 2.94. The van der Waals surface area contributed by atoms with Crippen molar-refractivity contribution in [3.63, 3.8) is 0 Å². The zero-order valence-corrected chi connectivity index (χ0v) is 10.8. The van der Waals surface area contributed by atoms with Crippen LogP contribution in [0, 0.1) is 11.3 Å². The van der Waals surface area contributed by atoms with Crippen LogP contribution >= 0.6 is 0 Å². The van der Waals surface area contributed by atoms with E-state index in [0.717, 1.165) is 29.2 Å². The second-order valence-electron chi connectivity index (χ2n) is 5.72. The number of anilines is 2. The molecule has 18 heavy (non-hydrogen) atoms. The van der Waals surface area contributed by atoms with Gasteiger partial charge in [-0.15, -0.1) is 0 Å². The molecular formula is C14H18N4. The molecule has 1 aromatic heterocycles. The fourth-order valence-corrected chi connectivity index (χ4v) is 2.37. The summed E-state index contributed by atoms with van der Waals surface area (Å²) >= 11 is 0. The van der Waals surface area contributed by atoms with Gasteiger partial charge < -0.3 is 11.1 Å². The van der Waals surface area contributed by atoms with Gasteiger partial charge in [-0.1, -0.05) is 26.0 Å². The molecule has 0 spiro atoms. The maximum atomic E-state index is 5.74. The number of hydrogen-bond acceptors (Lipinski definition) is 4. The molecule has 2 aromatic rings. The predicted molar refractivity (Wildman–Crippen MR) is 74.3 cm³/mol. The van der Waals surface area contributed by atoms with Crippen molar-refractivity contribution in [2.45, 2.75) is 20.3 Å². The third kappa shape index (κ3) is 1.98. The second-order valence-corrected chi connectivity index (χ2v) is 5.72. The smallest absolute Gasteiger partial charge is 0.222 e. The van der Waals surface area contributed by atoms with Gasteiger partial charge in [0.1, 0.15) is 5.82 Å². The Kier molecular flexibility index (Phi) is 2.40. The minimum absolute atomic E-state index is 0.325. The van der Waals surface area contributed by atoms with Crippen LogP contribution in [0.5, 0.6) is 0 Å². The highest BCUT2D eigenvalue weighted by Gasteiger charge is 2.45. The molecule has 3 N–H and O–H groups in total. The fraction of sp³-hybridized carbons (Fsp3) is 0.429. The Labute approximate surface area is 107 Å². The van der Waals surface area contributed by atoms with Crippen LogP contribution < -0.4 is 11.1 Å². The van der Waals surface area contributed by atoms with Crippen LogP contribution in [0.4, 0.5) is 11.8 Å². The van der Waals surface area contributed by atoms with E-state index in [1.807, 2.05) is 24.3 Å². The summed E-state index contributed by atoms with van der Waals surface area (Å²) in [6, 6.07) is 7.94. The van der Waals surface area contributed by atoms with Gasteiger partial charge in [-0.3, -0.25) is 0 Å². The zero-order valence-electron chi connectivity index (χ0n) is 10.8. The Bertz CT molecular complexity index is 591. The molecular weight excluding hydrogens is 224 g/mol. The fourth-order valence-electron chi connectivity index (χ4n) is 2.37. The van der Waals surface area contributed by atoms with Crippen LogP contribution in [0.15, 0.2) is 24.3 Å². The van der Waals surface area contributed by atoms with E-state index in [-0.39, 0.29) is 0 Å². The minimum Gasteiger partial charge on any atom is -0.369 e. The van der Waals surface area contributed by atoms with Gasteiger partial charge in [0, 0.05) is 11.9 Å². The summed E-state index contributed by atoms with van der Waals surface area (Å²) in [5.74, 6) is 1.90. The first-order valence-electron chi connectivity index (χ1n) is 6.32. The Balaban J connectivity index is 1.87. The SMILES string of the molecule is CC1(C)CC1CNc1nc(N)nc2ccccc12. The lowest BCUT2D eigenvalue weighted by Gasteiger charge is -2.10. The van der Waals surface area contributed by atoms with E-state index >= 15 is 0 Å². The van der Waals surface area contributed by atoms with Crippen molar-refractivity contribution in [1.29, 1.82) is 0 Å². The third-order valence-electron chi connectivity index (χ3n) is 3.85. The summed E-state index contributed by atoms with van der Waals surface area (Å²) in [6.45, 7) is 5.55. The first-order chi connectivity index (χ1) is 8.56. The summed E-state index contributed by atoms with van der Waals surface area (Å²) in [5.41, 5.74) is 7.10. The van der Waals surface area contributed by atoms with Crippen LogP contribution in [0.25, 0.3) is 10.9 Å². The maximum absolute atomic E-state index is 5.74. The summed E-state index contributed by atoms with van der Waals surface area (Å²) in [4.78, 5) is 8.54. The highest BCUT2D eigenvalue weighted by atomic mass is 15.1. The first kappa shape index (κ1) is 11.3. The van der Waals surface area contributed by atoms with Crippen molar-refractivity contribution >= 4 is 22.7 Å². The number of nitrogen functional groups attached to an aromatic ring is 1. The highest BCUT2D eigenvalue weighted by molar-refractivity contribution is 5.89. The summed E-state index contributed by atoms with van der Waals surface area (Å²) in [7, 11) is 0. The van der Waals surface area contributed by atoms with Gasteiger partial charge in [-0.25, -0.2) is 4.98 Å². The van der Waals surface area contributed by atoms with Gasteiger partial charge in [0.2, 0.25) is 5.95 Å². The van der Waals surface area contributed by atoms with Crippen molar-refractivity contribution in [3.05, 3.63) is 24.3 Å². The summed E-state index contributed by atoms with van der Waals surface area (Å²) in [6.07, 6.45) is 1.28. The van der Waals surface area contributed by atoms with Gasteiger partial charge in [-0.05, 0) is 29.9 Å². The number of rotatable bonds is 3. The van der Waals surface area contributed by atoms with Crippen molar-refractivity contribution in [1.82, 2.24) is 9.97 Å². The maximum Gasteiger partial charge on any atom is 0.222 e. The largest absolute Gasteiger partial charge is 0.369 e. The van der Waals surface area contributed by atoms with E-state index in [0.29, 0.717) is 11.4 Å². The number of aromatic nitrogens is 2. The molecule has 1 atom stereocenters. The van der Waals surface area contributed by atoms with Crippen LogP contribution in [0.2, 0.25) is 0 Å². The average molecular weight is 242 g/mol. The van der Waals surface area contributed by atoms with Gasteiger partial charge in [0.15, 0.2) is 0 Å². The van der Waals surface area contributed by atoms with Crippen molar-refractivity contribution in [3.8, 4) is 0 Å². The lowest BCUT2D eigenvalue weighted by Crippen LogP contribution is -2.10. The lowest BCUT2D eigenvalue weighted by molar-refractivity contribution is 0.573. The molecule has 1 fully saturated rings. The lowest BCUT2D eigenvalue weighted by atomic mass is 10.1. The molecule has 1 unspecified atom stereocenters. The van der Waals surface area contributed by atoms with Crippen LogP contribution in [-0.4, -0.2) is 16.5 Å². The summed E-state index contributed by atoms with van der Waals surface area (Å²) < 4.78 is 0. The molecule has 0 saturated heterocycles. The molecule has 0 radical (unpaired) electrons. The predicted octanol–water partition coefficient (Wildman–Crippen LogP) is 2.67. The Hall–Kier alpha value is -1.84. The second kappa shape index (κ2) is 3.83. The Morgan fingerprint density at radius 3 is 2.78 bits per heavy atom. The number of hydrogen-bond donors (Lipinski definition) is 2. The Morgan fingerprint density at radius 2 is 2.06 bits per heavy atom. The first-order valence-corrected chi connectivity index (χ1v) is 6.32. The van der Waals surface area contributed by atoms with E-state index in [2.05, 4.69) is 29.1 Å². The molecule has 1 aromatic carbocycles. The van der Waals surface area contributed by atoms with Crippen LogP contribution in [0.3, 0.4) is 0 Å². The molecule has 1 heterocycles. The third-order valence-corrected chi connectivity index (χ3v) is 3.85. The topological polar surface area (TPSA) is 63.8 Å². The van der Waals surface area contributed by atoms with E-state index < -0.39 is 0 Å². The molecule has 0 bridgehead atoms. The molecule has 4 heteroatoms. The number of nitrogens with zero attached hydrogens (tertiary/aromatic N) is 2. The minimum atomic E-state index is 0.325. The van der Waals surface area contributed by atoms with Crippen molar-refractivity contribution < 1.29 is 0 Å². The van der Waals surface area contributed by atoms with E-state index in [9.17, 15) is 0 Å². The molecule has 4 nitrogen and oxygen atoms in total. The number of nitrogens with two attached hydrogens (primary N) is 1. The number of nitrogens with one attached hydrogen (secondary N) is 1. The van der Waals surface area contributed by atoms with Gasteiger partial charge in [0.25, 0.3) is 0 Å². The summed E-state index contributed by atoms with van der Waals surface area (Å²) in [5, 5.41) is 4.45. The van der Waals surface area contributed by atoms with Gasteiger partial charge >= 0.3 is 0 Å². The number of para-hydroxylation sites is 1. The van der Waals surface area contributed by atoms with Crippen LogP contribution in [0.1, 0.15) is 20.3 Å². The monoisotopic (exact) mass is 242 g/mol. The quantitative estimate of drug-likeness (QED) is 0.868. The molecule has 94 valence electrons. The zero-order chi connectivity index (χ0) is 12.8. The highest BCUT2D eigenvalue weighted by Crippen LogP contribution is 2.51. The normalized spacial score (nSPS) is 20.9. The van der Waals surface area contributed by atoms with Gasteiger partial charge in [0.05, 0.1) is 5.52 Å². The number of fused-ring (bicyclic) bond motifs is 1. The Morgan fingerprint density at radius 1 is 1.33 bits per heavy atom. The van der Waals surface area contributed by atoms with Gasteiger partial charge in [-0.2, -0.15) is 4.98 Å². The van der Waals surface area contributed by atoms with Crippen molar-refractivity contribution in [2.24, 2.45) is 11.3 Å². The molecule has 0 amide bonds. The number of benzene rings is 1. The van der Waals surface area contributed by atoms with E-state index in [1.165, 1.54) is 6.42 Å². The molecule has 1 aliphatic rings. The molecule has 0 aliphatic heterocycles. The standard InChI is InChI=1S/C14H18N4/c1-14(2)7-9(14)8-16-12-10-5-3-4-6-11(10)17-13(15)18-12/h3-6,9H,7-8H2,1-2H3,(H3,15,16,17,18). The van der Waals surface area contributed by atoms with E-state index in [4.69, 9.17) is 5.73 Å². The molecule has 3 rings (SSSR count).